The van der Waals surface area contributed by atoms with Crippen molar-refractivity contribution in [3.8, 4) is 0 Å². The van der Waals surface area contributed by atoms with Gasteiger partial charge in [0.2, 0.25) is 0 Å². The summed E-state index contributed by atoms with van der Waals surface area (Å²) >= 11 is 0. The number of Topliss-reactive ketones (excluding diaryl/α,β-unsaturated/α-hetero) is 1. The number of carboxylic acid groups (broad SMARTS) is 1. The molecule has 6 nitrogen and oxygen atoms in total. The molecule has 0 aromatic carbocycles. The average Bonchev–Trinajstić information content (AvgIpc) is 2.85. The van der Waals surface area contributed by atoms with E-state index in [9.17, 15) is 19.8 Å². The van der Waals surface area contributed by atoms with Crippen molar-refractivity contribution in [3.63, 3.8) is 0 Å². The maximum Gasteiger partial charge on any atom is 0.303 e. The number of carboxylic acids is 1. The molecule has 0 saturated heterocycles. The molecule has 0 bridgehead atoms. The Kier molecular flexibility index (Phi) is 11.1. The molecule has 1 saturated carbocycles. The SMILES string of the molecule is O=C(O)CCC/C=C\C[C@H]1C(=O)C[C@@H](O)[C@@H]1/C=C/[C@@H](O)CCCCCO. The number of hydrogen-bond acceptors (Lipinski definition) is 5. The van der Waals surface area contributed by atoms with Crippen LogP contribution in [0.1, 0.15) is 57.8 Å². The Balaban J connectivity index is 2.45. The van der Waals surface area contributed by atoms with Crippen molar-refractivity contribution in [2.24, 2.45) is 11.8 Å². The first-order valence-electron chi connectivity index (χ1n) is 9.50. The summed E-state index contributed by atoms with van der Waals surface area (Å²) in [5.41, 5.74) is 0. The quantitative estimate of drug-likeness (QED) is 0.293. The monoisotopic (exact) mass is 368 g/mol. The molecule has 0 unspecified atom stereocenters. The van der Waals surface area contributed by atoms with Crippen LogP contribution in [0.2, 0.25) is 0 Å². The molecule has 1 aliphatic rings. The number of ketones is 1. The fourth-order valence-electron chi connectivity index (χ4n) is 3.25. The number of carbonyl (C=O) groups excluding carboxylic acids is 1. The highest BCUT2D eigenvalue weighted by molar-refractivity contribution is 5.84. The van der Waals surface area contributed by atoms with Crippen LogP contribution in [0.15, 0.2) is 24.3 Å². The normalized spacial score (nSPS) is 24.7. The van der Waals surface area contributed by atoms with Gasteiger partial charge in [0.1, 0.15) is 5.78 Å². The first-order chi connectivity index (χ1) is 12.5. The van der Waals surface area contributed by atoms with Crippen LogP contribution in [0, 0.1) is 11.8 Å². The molecule has 6 heteroatoms. The first kappa shape index (κ1) is 22.5. The van der Waals surface area contributed by atoms with Crippen molar-refractivity contribution in [1.29, 1.82) is 0 Å². The molecule has 1 fully saturated rings. The van der Waals surface area contributed by atoms with Crippen molar-refractivity contribution >= 4 is 11.8 Å². The van der Waals surface area contributed by atoms with Gasteiger partial charge in [-0.05, 0) is 32.1 Å². The lowest BCUT2D eigenvalue weighted by atomic mass is 9.90. The van der Waals surface area contributed by atoms with Crippen molar-refractivity contribution in [2.45, 2.75) is 70.0 Å². The van der Waals surface area contributed by atoms with Crippen LogP contribution < -0.4 is 0 Å². The van der Waals surface area contributed by atoms with Gasteiger partial charge in [0.05, 0.1) is 12.2 Å². The third kappa shape index (κ3) is 8.74. The summed E-state index contributed by atoms with van der Waals surface area (Å²) in [5, 5.41) is 37.4. The third-order valence-electron chi connectivity index (χ3n) is 4.76. The lowest BCUT2D eigenvalue weighted by Gasteiger charge is -2.16. The number of aliphatic hydroxyl groups is 3. The van der Waals surface area contributed by atoms with E-state index in [4.69, 9.17) is 10.2 Å². The van der Waals surface area contributed by atoms with E-state index >= 15 is 0 Å². The second-order valence-electron chi connectivity index (χ2n) is 6.94. The minimum Gasteiger partial charge on any atom is -0.481 e. The molecule has 0 aromatic heterocycles. The van der Waals surface area contributed by atoms with Gasteiger partial charge in [0.15, 0.2) is 0 Å². The number of rotatable bonds is 13. The van der Waals surface area contributed by atoms with E-state index in [-0.39, 0.29) is 37.1 Å². The molecule has 0 heterocycles. The van der Waals surface area contributed by atoms with Gasteiger partial charge in [0.25, 0.3) is 0 Å². The average molecular weight is 368 g/mol. The summed E-state index contributed by atoms with van der Waals surface area (Å²) in [7, 11) is 0. The van der Waals surface area contributed by atoms with E-state index in [0.29, 0.717) is 25.7 Å². The van der Waals surface area contributed by atoms with Crippen molar-refractivity contribution < 1.29 is 30.0 Å². The zero-order valence-corrected chi connectivity index (χ0v) is 15.3. The van der Waals surface area contributed by atoms with Gasteiger partial charge in [-0.25, -0.2) is 0 Å². The van der Waals surface area contributed by atoms with Gasteiger partial charge in [-0.1, -0.05) is 37.1 Å². The Labute approximate surface area is 155 Å². The third-order valence-corrected chi connectivity index (χ3v) is 4.76. The summed E-state index contributed by atoms with van der Waals surface area (Å²) < 4.78 is 0. The number of allylic oxidation sites excluding steroid dienone is 2. The molecule has 0 aliphatic heterocycles. The molecular formula is C20H32O6. The topological polar surface area (TPSA) is 115 Å². The van der Waals surface area contributed by atoms with E-state index in [2.05, 4.69) is 0 Å². The van der Waals surface area contributed by atoms with Gasteiger partial charge in [-0.3, -0.25) is 9.59 Å². The van der Waals surface area contributed by atoms with Crippen molar-refractivity contribution in [3.05, 3.63) is 24.3 Å². The van der Waals surface area contributed by atoms with Gasteiger partial charge in [-0.15, -0.1) is 0 Å². The van der Waals surface area contributed by atoms with Crippen LogP contribution in [0.3, 0.4) is 0 Å². The predicted octanol–water partition coefficient (Wildman–Crippen LogP) is 2.22. The fraction of sp³-hybridized carbons (Fsp3) is 0.700. The van der Waals surface area contributed by atoms with Crippen LogP contribution in [0.5, 0.6) is 0 Å². The highest BCUT2D eigenvalue weighted by Gasteiger charge is 2.39. The number of hydrogen-bond donors (Lipinski definition) is 4. The Bertz CT molecular complexity index is 485. The lowest BCUT2D eigenvalue weighted by Crippen LogP contribution is -2.18. The van der Waals surface area contributed by atoms with Crippen LogP contribution in [0.4, 0.5) is 0 Å². The zero-order valence-electron chi connectivity index (χ0n) is 15.3. The molecule has 0 radical (unpaired) electrons. The Morgan fingerprint density at radius 2 is 1.96 bits per heavy atom. The second kappa shape index (κ2) is 12.8. The summed E-state index contributed by atoms with van der Waals surface area (Å²) in [5.74, 6) is -1.37. The highest BCUT2D eigenvalue weighted by atomic mass is 16.4. The first-order valence-corrected chi connectivity index (χ1v) is 9.50. The maximum atomic E-state index is 12.1. The highest BCUT2D eigenvalue weighted by Crippen LogP contribution is 2.33. The van der Waals surface area contributed by atoms with E-state index in [1.165, 1.54) is 0 Å². The minimum atomic E-state index is -0.812. The number of aliphatic carboxylic acids is 1. The standard InChI is InChI=1S/C20H32O6/c21-13-7-3-4-8-15(22)11-12-17-16(18(23)14-19(17)24)9-5-1-2-6-10-20(25)26/h1,5,11-12,15-17,19,21-22,24H,2-4,6-10,13-14H2,(H,25,26)/b5-1-,12-11+/t15-,16+,17+,19+/m0/s1. The van der Waals surface area contributed by atoms with Crippen molar-refractivity contribution in [1.82, 2.24) is 0 Å². The van der Waals surface area contributed by atoms with Gasteiger partial charge < -0.3 is 20.4 Å². The molecule has 4 atom stereocenters. The Morgan fingerprint density at radius 1 is 1.19 bits per heavy atom. The van der Waals surface area contributed by atoms with Crippen LogP contribution >= 0.6 is 0 Å². The van der Waals surface area contributed by atoms with Crippen molar-refractivity contribution in [2.75, 3.05) is 6.61 Å². The molecular weight excluding hydrogens is 336 g/mol. The molecule has 0 amide bonds. The van der Waals surface area contributed by atoms with Gasteiger partial charge in [0, 0.05) is 31.3 Å². The maximum absolute atomic E-state index is 12.1. The van der Waals surface area contributed by atoms with E-state index < -0.39 is 18.2 Å². The van der Waals surface area contributed by atoms with E-state index in [1.807, 2.05) is 12.2 Å². The molecule has 0 aromatic rings. The summed E-state index contributed by atoms with van der Waals surface area (Å²) in [6, 6.07) is 0. The molecule has 0 spiro atoms. The lowest BCUT2D eigenvalue weighted by molar-refractivity contribution is -0.137. The fourth-order valence-corrected chi connectivity index (χ4v) is 3.25. The summed E-state index contributed by atoms with van der Waals surface area (Å²) in [6.07, 6.45) is 10.9. The second-order valence-corrected chi connectivity index (χ2v) is 6.94. The van der Waals surface area contributed by atoms with Gasteiger partial charge >= 0.3 is 5.97 Å². The van der Waals surface area contributed by atoms with Crippen LogP contribution in [-0.2, 0) is 9.59 Å². The van der Waals surface area contributed by atoms with E-state index in [0.717, 1.165) is 19.3 Å². The Hall–Kier alpha value is -1.50. The summed E-state index contributed by atoms with van der Waals surface area (Å²) in [4.78, 5) is 22.6. The predicted molar refractivity (Wildman–Crippen MR) is 98.6 cm³/mol. The largest absolute Gasteiger partial charge is 0.481 e. The number of aliphatic hydroxyl groups excluding tert-OH is 3. The molecule has 1 aliphatic carbocycles. The number of carbonyl (C=O) groups is 2. The van der Waals surface area contributed by atoms with Crippen LogP contribution in [0.25, 0.3) is 0 Å². The Morgan fingerprint density at radius 3 is 2.65 bits per heavy atom. The van der Waals surface area contributed by atoms with Crippen LogP contribution in [-0.4, -0.2) is 51.0 Å². The summed E-state index contributed by atoms with van der Waals surface area (Å²) in [6.45, 7) is 0.161. The molecule has 1 rings (SSSR count). The zero-order chi connectivity index (χ0) is 19.4. The minimum absolute atomic E-state index is 0.0276. The molecule has 148 valence electrons. The molecule has 26 heavy (non-hydrogen) atoms. The smallest absolute Gasteiger partial charge is 0.303 e. The number of unbranched alkanes of at least 4 members (excludes halogenated alkanes) is 3. The van der Waals surface area contributed by atoms with Gasteiger partial charge in [-0.2, -0.15) is 0 Å². The van der Waals surface area contributed by atoms with E-state index in [1.54, 1.807) is 12.2 Å². The molecule has 4 N–H and O–H groups in total.